The van der Waals surface area contributed by atoms with Gasteiger partial charge in [-0.15, -0.1) is 0 Å². The second-order valence-electron chi connectivity index (χ2n) is 27.8. The minimum absolute atomic E-state index is 0.112. The summed E-state index contributed by atoms with van der Waals surface area (Å²) in [6.45, 7) is 38.3. The highest BCUT2D eigenvalue weighted by Gasteiger charge is 2.75. The number of allylic oxidation sites excluding steroid dienone is 12. The standard InChI is InChI=1S/C69H104O6/c1-46(2)24-20-26-48(4)28-21-29-49(5)31-23-36-65(15)37-35-58-59-41-55(40-51(7)34-39-69-64(13,14)43-57(71)45-67(69,17)75-69)60(72-61(59)53(9)54(10)62(58)73-65)52(8)32-19-18-25-47(3)27-22-30-50(6)33-38-68-63(11,12)42-56(70)44-66(68,16)74-68/h18-19,22,25,27,30,32-34,38-40,46,48-49,55-57,60,70-71H,20-21,23-24,26,28-29,31,35-37,41-45H2,1-17H3/t48-,49-,55-,56-,57-,60+,65+,66+,67+,68-,69-/m0/s1. The Morgan fingerprint density at radius 2 is 1.11 bits per heavy atom. The molecule has 0 unspecified atom stereocenters. The molecule has 2 saturated carbocycles. The van der Waals surface area contributed by atoms with Crippen molar-refractivity contribution in [1.82, 2.24) is 0 Å². The molecule has 2 saturated heterocycles. The highest BCUT2D eigenvalue weighted by Crippen LogP contribution is 2.67. The third kappa shape index (κ3) is 13.0. The summed E-state index contributed by atoms with van der Waals surface area (Å²) in [5.74, 6) is 4.67. The van der Waals surface area contributed by atoms with Crippen LogP contribution < -0.4 is 9.47 Å². The van der Waals surface area contributed by atoms with E-state index in [2.05, 4.69) is 191 Å². The summed E-state index contributed by atoms with van der Waals surface area (Å²) in [7, 11) is 0. The van der Waals surface area contributed by atoms with E-state index < -0.39 is 0 Å². The summed E-state index contributed by atoms with van der Waals surface area (Å²) in [6.07, 6.45) is 43.2. The van der Waals surface area contributed by atoms with Gasteiger partial charge >= 0.3 is 0 Å². The average Bonchev–Trinajstić information content (AvgIpc) is 4.16. The molecule has 416 valence electrons. The highest BCUT2D eigenvalue weighted by atomic mass is 16.6. The van der Waals surface area contributed by atoms with Crippen molar-refractivity contribution in [2.45, 2.75) is 267 Å². The van der Waals surface area contributed by atoms with Gasteiger partial charge in [-0.1, -0.05) is 178 Å². The Kier molecular flexibility index (Phi) is 18.3. The molecule has 6 heteroatoms. The lowest BCUT2D eigenvalue weighted by Gasteiger charge is -2.41. The normalized spacial score (nSPS) is 34.3. The van der Waals surface area contributed by atoms with Crippen LogP contribution in [-0.2, 0) is 22.3 Å². The molecule has 6 aliphatic rings. The molecule has 11 atom stereocenters. The first-order valence-electron chi connectivity index (χ1n) is 29.8. The summed E-state index contributed by atoms with van der Waals surface area (Å²) in [6, 6.07) is 0. The Hall–Kier alpha value is -3.42. The fraction of sp³-hybridized carbons (Fsp3) is 0.681. The maximum Gasteiger partial charge on any atom is 0.127 e. The molecular formula is C69H104O6. The van der Waals surface area contributed by atoms with Crippen LogP contribution in [0.25, 0.3) is 0 Å². The Morgan fingerprint density at radius 3 is 1.68 bits per heavy atom. The van der Waals surface area contributed by atoms with E-state index in [9.17, 15) is 10.2 Å². The van der Waals surface area contributed by atoms with E-state index in [0.29, 0.717) is 12.8 Å². The minimum atomic E-state index is -0.385. The van der Waals surface area contributed by atoms with Crippen LogP contribution in [0.5, 0.6) is 11.5 Å². The van der Waals surface area contributed by atoms with Gasteiger partial charge in [-0.3, -0.25) is 0 Å². The van der Waals surface area contributed by atoms with Crippen molar-refractivity contribution >= 4 is 0 Å². The molecule has 75 heavy (non-hydrogen) atoms. The lowest BCUT2D eigenvalue weighted by Crippen LogP contribution is -2.46. The van der Waals surface area contributed by atoms with E-state index >= 15 is 0 Å². The zero-order valence-electron chi connectivity index (χ0n) is 50.3. The topological polar surface area (TPSA) is 84.0 Å². The molecule has 0 radical (unpaired) electrons. The van der Waals surface area contributed by atoms with E-state index in [-0.39, 0.29) is 63.1 Å². The first-order chi connectivity index (χ1) is 35.1. The number of aliphatic hydroxyl groups excluding tert-OH is 2. The Balaban J connectivity index is 1.05. The number of hydrogen-bond donors (Lipinski definition) is 2. The molecule has 0 aromatic heterocycles. The summed E-state index contributed by atoms with van der Waals surface area (Å²) >= 11 is 0. The van der Waals surface area contributed by atoms with Crippen molar-refractivity contribution in [2.75, 3.05) is 0 Å². The monoisotopic (exact) mass is 1030 g/mol. The SMILES string of the molecule is CC(C=CC=C(C)C=C[C@@]12O[C@]1(C)C[C@@H](O)CC2(C)C)=CC=CC=C(C)[C@H]1Oc2c(C)c(C)c3c(c2C[C@@H]1C=C(C)C=C[C@@]12O[C@]1(C)C[C@@H](O)CC2(C)C)CC[C@@](C)(CCC[C@@H](C)CCC[C@@H](C)CCCC(C)C)O3. The lowest BCUT2D eigenvalue weighted by molar-refractivity contribution is 0.0501. The molecule has 1 aromatic rings. The summed E-state index contributed by atoms with van der Waals surface area (Å²) in [5, 5.41) is 21.2. The molecule has 7 rings (SSSR count). The van der Waals surface area contributed by atoms with Gasteiger partial charge in [0.25, 0.3) is 0 Å². The largest absolute Gasteiger partial charge is 0.487 e. The zero-order valence-corrected chi connectivity index (χ0v) is 50.3. The molecule has 4 aliphatic heterocycles. The third-order valence-electron chi connectivity index (χ3n) is 19.4. The summed E-state index contributed by atoms with van der Waals surface area (Å²) < 4.78 is 27.4. The molecule has 2 aliphatic carbocycles. The molecule has 2 N–H and O–H groups in total. The second kappa shape index (κ2) is 23.1. The van der Waals surface area contributed by atoms with Crippen LogP contribution in [0.1, 0.15) is 216 Å². The first-order valence-corrected chi connectivity index (χ1v) is 29.8. The van der Waals surface area contributed by atoms with E-state index in [1.807, 2.05) is 0 Å². The maximum absolute atomic E-state index is 10.7. The van der Waals surface area contributed by atoms with E-state index in [1.54, 1.807) is 0 Å². The van der Waals surface area contributed by atoms with Gasteiger partial charge in [0.15, 0.2) is 0 Å². The van der Waals surface area contributed by atoms with Crippen molar-refractivity contribution in [2.24, 2.45) is 34.5 Å². The number of ether oxygens (including phenoxy) is 4. The van der Waals surface area contributed by atoms with Crippen LogP contribution in [-0.4, -0.2) is 56.5 Å². The van der Waals surface area contributed by atoms with Crippen LogP contribution in [0.4, 0.5) is 0 Å². The van der Waals surface area contributed by atoms with E-state index in [0.717, 1.165) is 78.9 Å². The molecule has 0 amide bonds. The fourth-order valence-corrected chi connectivity index (χ4v) is 14.7. The Morgan fingerprint density at radius 1 is 0.600 bits per heavy atom. The van der Waals surface area contributed by atoms with Crippen LogP contribution >= 0.6 is 0 Å². The number of epoxide rings is 2. The predicted octanol–water partition coefficient (Wildman–Crippen LogP) is 17.2. The van der Waals surface area contributed by atoms with Gasteiger partial charge in [-0.05, 0) is 154 Å². The molecule has 4 fully saturated rings. The van der Waals surface area contributed by atoms with Gasteiger partial charge in [0, 0.05) is 40.7 Å². The van der Waals surface area contributed by atoms with Gasteiger partial charge < -0.3 is 29.2 Å². The molecule has 0 bridgehead atoms. The Bertz CT molecular complexity index is 2450. The van der Waals surface area contributed by atoms with Crippen LogP contribution in [0.15, 0.2) is 95.2 Å². The molecular weight excluding hydrogens is 925 g/mol. The van der Waals surface area contributed by atoms with Crippen LogP contribution in [0, 0.1) is 48.3 Å². The van der Waals surface area contributed by atoms with Crippen LogP contribution in [0.2, 0.25) is 0 Å². The lowest BCUT2D eigenvalue weighted by atomic mass is 9.63. The molecule has 6 nitrogen and oxygen atoms in total. The van der Waals surface area contributed by atoms with Crippen molar-refractivity contribution < 1.29 is 29.2 Å². The third-order valence-corrected chi connectivity index (χ3v) is 19.4. The molecule has 4 heterocycles. The van der Waals surface area contributed by atoms with E-state index in [1.165, 1.54) is 84.8 Å². The Labute approximate surface area is 457 Å². The van der Waals surface area contributed by atoms with Crippen LogP contribution in [0.3, 0.4) is 0 Å². The van der Waals surface area contributed by atoms with Crippen molar-refractivity contribution in [1.29, 1.82) is 0 Å². The second-order valence-corrected chi connectivity index (χ2v) is 27.8. The maximum atomic E-state index is 10.7. The summed E-state index contributed by atoms with van der Waals surface area (Å²) in [4.78, 5) is 0. The zero-order chi connectivity index (χ0) is 54.9. The number of fused-ring (bicyclic) bond motifs is 5. The van der Waals surface area contributed by atoms with Crippen molar-refractivity contribution in [3.63, 3.8) is 0 Å². The van der Waals surface area contributed by atoms with Gasteiger partial charge in [0.05, 0.1) is 12.2 Å². The van der Waals surface area contributed by atoms with Gasteiger partial charge in [-0.25, -0.2) is 0 Å². The predicted molar refractivity (Wildman–Crippen MR) is 314 cm³/mol. The fourth-order valence-electron chi connectivity index (χ4n) is 14.7. The molecule has 0 spiro atoms. The van der Waals surface area contributed by atoms with Crippen molar-refractivity contribution in [3.8, 4) is 11.5 Å². The minimum Gasteiger partial charge on any atom is -0.487 e. The quantitative estimate of drug-likeness (QED) is 0.0889. The molecule has 1 aromatic carbocycles. The van der Waals surface area contributed by atoms with Gasteiger partial charge in [0.1, 0.15) is 45.6 Å². The highest BCUT2D eigenvalue weighted by molar-refractivity contribution is 5.61. The summed E-state index contributed by atoms with van der Waals surface area (Å²) in [5.41, 5.74) is 7.96. The van der Waals surface area contributed by atoms with Crippen molar-refractivity contribution in [3.05, 3.63) is 117 Å². The number of hydrogen-bond acceptors (Lipinski definition) is 6. The average molecular weight is 1030 g/mol. The number of rotatable bonds is 22. The number of aliphatic hydroxyl groups is 2. The first kappa shape index (κ1) is 59.2. The van der Waals surface area contributed by atoms with E-state index in [4.69, 9.17) is 18.9 Å². The van der Waals surface area contributed by atoms with Gasteiger partial charge in [0.2, 0.25) is 0 Å². The number of benzene rings is 1. The van der Waals surface area contributed by atoms with Gasteiger partial charge in [-0.2, -0.15) is 0 Å². The smallest absolute Gasteiger partial charge is 0.127 e.